The van der Waals surface area contributed by atoms with Gasteiger partial charge in [0.05, 0.1) is 11.3 Å². The fourth-order valence-corrected chi connectivity index (χ4v) is 3.05. The number of halogens is 1. The summed E-state index contributed by atoms with van der Waals surface area (Å²) in [6.07, 6.45) is 4.07. The van der Waals surface area contributed by atoms with Crippen LogP contribution in [0.4, 0.5) is 4.39 Å². The van der Waals surface area contributed by atoms with Gasteiger partial charge in [-0.2, -0.15) is 0 Å². The molecule has 0 aliphatic carbocycles. The molecule has 2 heterocycles. The summed E-state index contributed by atoms with van der Waals surface area (Å²) in [6.45, 7) is 0. The van der Waals surface area contributed by atoms with Gasteiger partial charge >= 0.3 is 0 Å². The Kier molecular flexibility index (Phi) is 4.78. The molecule has 5 nitrogen and oxygen atoms in total. The Hall–Kier alpha value is -3.64. The van der Waals surface area contributed by atoms with Crippen molar-refractivity contribution in [3.8, 4) is 11.3 Å². The summed E-state index contributed by atoms with van der Waals surface area (Å²) in [5, 5.41) is 4.47. The van der Waals surface area contributed by atoms with Crippen molar-refractivity contribution < 1.29 is 9.18 Å². The van der Waals surface area contributed by atoms with E-state index in [2.05, 4.69) is 15.3 Å². The maximum absolute atomic E-state index is 13.5. The minimum atomic E-state index is -0.748. The lowest BCUT2D eigenvalue weighted by Gasteiger charge is -2.16. The molecule has 4 rings (SSSR count). The van der Waals surface area contributed by atoms with Gasteiger partial charge in [0.25, 0.3) is 5.91 Å². The number of carbonyl (C=O) groups excluding carboxylic acids is 1. The second-order valence-corrected chi connectivity index (χ2v) is 6.34. The van der Waals surface area contributed by atoms with Gasteiger partial charge in [-0.25, -0.2) is 4.39 Å². The average Bonchev–Trinajstić information content (AvgIpc) is 2.73. The number of fused-ring (bicyclic) bond motifs is 1. The van der Waals surface area contributed by atoms with Crippen LogP contribution in [0.3, 0.4) is 0 Å². The molecule has 4 aromatic rings. The third-order valence-corrected chi connectivity index (χ3v) is 4.46. The van der Waals surface area contributed by atoms with Crippen LogP contribution in [-0.2, 0) is 0 Å². The first-order chi connectivity index (χ1) is 13.6. The topological polar surface area (TPSA) is 80.9 Å². The first-order valence-electron chi connectivity index (χ1n) is 8.73. The highest BCUT2D eigenvalue weighted by Gasteiger charge is 2.15. The van der Waals surface area contributed by atoms with E-state index in [1.54, 1.807) is 36.7 Å². The zero-order valence-corrected chi connectivity index (χ0v) is 14.8. The van der Waals surface area contributed by atoms with E-state index in [0.29, 0.717) is 22.4 Å². The lowest BCUT2D eigenvalue weighted by Crippen LogP contribution is -2.34. The third-order valence-electron chi connectivity index (χ3n) is 4.46. The fraction of sp³-hybridized carbons (Fsp3) is 0.0455. The van der Waals surface area contributed by atoms with Crippen LogP contribution in [0.25, 0.3) is 22.0 Å². The summed E-state index contributed by atoms with van der Waals surface area (Å²) in [5.74, 6) is -0.660. The monoisotopic (exact) mass is 372 g/mol. The molecule has 1 unspecified atom stereocenters. The molecule has 6 heteroatoms. The Labute approximate surface area is 161 Å². The van der Waals surface area contributed by atoms with Crippen molar-refractivity contribution in [1.82, 2.24) is 15.3 Å². The summed E-state index contributed by atoms with van der Waals surface area (Å²) in [6, 6.07) is 17.1. The van der Waals surface area contributed by atoms with Gasteiger partial charge < -0.3 is 11.1 Å². The van der Waals surface area contributed by atoms with Gasteiger partial charge in [-0.3, -0.25) is 14.8 Å². The summed E-state index contributed by atoms with van der Waals surface area (Å²) >= 11 is 0. The van der Waals surface area contributed by atoms with Gasteiger partial charge in [-0.15, -0.1) is 0 Å². The number of hydrogen-bond acceptors (Lipinski definition) is 4. The van der Waals surface area contributed by atoms with Gasteiger partial charge in [-0.05, 0) is 35.2 Å². The Bertz CT molecular complexity index is 1160. The zero-order chi connectivity index (χ0) is 19.5. The minimum absolute atomic E-state index is 0.319. The third kappa shape index (κ3) is 3.58. The van der Waals surface area contributed by atoms with Crippen LogP contribution >= 0.6 is 0 Å². The number of amides is 1. The Morgan fingerprint density at radius 3 is 2.75 bits per heavy atom. The number of nitrogens with one attached hydrogen (secondary N) is 1. The van der Waals surface area contributed by atoms with Gasteiger partial charge in [0, 0.05) is 29.5 Å². The van der Waals surface area contributed by atoms with Crippen molar-refractivity contribution in [2.24, 2.45) is 5.73 Å². The van der Waals surface area contributed by atoms with Crippen molar-refractivity contribution in [2.45, 2.75) is 6.17 Å². The van der Waals surface area contributed by atoms with E-state index in [-0.39, 0.29) is 11.7 Å². The normalized spacial score (nSPS) is 11.9. The first kappa shape index (κ1) is 17.8. The van der Waals surface area contributed by atoms with Crippen LogP contribution in [0.1, 0.15) is 22.1 Å². The molecule has 0 radical (unpaired) electrons. The van der Waals surface area contributed by atoms with Gasteiger partial charge in [0.2, 0.25) is 0 Å². The number of benzene rings is 2. The molecule has 138 valence electrons. The number of pyridine rings is 2. The molecule has 1 atom stereocenters. The van der Waals surface area contributed by atoms with Crippen LogP contribution in [0.15, 0.2) is 79.3 Å². The lowest BCUT2D eigenvalue weighted by molar-refractivity contribution is 0.0939. The summed E-state index contributed by atoms with van der Waals surface area (Å²) in [7, 11) is 0. The maximum Gasteiger partial charge on any atom is 0.254 e. The molecule has 2 aromatic heterocycles. The largest absolute Gasteiger partial charge is 0.333 e. The quantitative estimate of drug-likeness (QED) is 0.534. The Morgan fingerprint density at radius 2 is 1.89 bits per heavy atom. The maximum atomic E-state index is 13.5. The van der Waals surface area contributed by atoms with E-state index < -0.39 is 6.17 Å². The number of aromatic nitrogens is 2. The zero-order valence-electron chi connectivity index (χ0n) is 14.8. The van der Waals surface area contributed by atoms with Crippen molar-refractivity contribution >= 4 is 16.7 Å². The number of rotatable bonds is 4. The number of nitrogens with two attached hydrogens (primary N) is 1. The molecule has 0 bridgehead atoms. The molecule has 0 saturated carbocycles. The molecule has 28 heavy (non-hydrogen) atoms. The second kappa shape index (κ2) is 7.54. The minimum Gasteiger partial charge on any atom is -0.333 e. The Balaban J connectivity index is 1.59. The van der Waals surface area contributed by atoms with Crippen LogP contribution in [0.2, 0.25) is 0 Å². The first-order valence-corrected chi connectivity index (χ1v) is 8.73. The van der Waals surface area contributed by atoms with Crippen molar-refractivity contribution in [1.29, 1.82) is 0 Å². The number of hydrogen-bond donors (Lipinski definition) is 2. The highest BCUT2D eigenvalue weighted by atomic mass is 19.1. The summed E-state index contributed by atoms with van der Waals surface area (Å²) in [5.41, 5.74) is 8.53. The van der Waals surface area contributed by atoms with Crippen molar-refractivity contribution in [3.05, 3.63) is 96.2 Å². The molecular weight excluding hydrogens is 355 g/mol. The number of nitrogens with zero attached hydrogens (tertiary/aromatic N) is 2. The van der Waals surface area contributed by atoms with Gasteiger partial charge in [0.15, 0.2) is 0 Å². The van der Waals surface area contributed by atoms with Crippen LogP contribution in [0.5, 0.6) is 0 Å². The SMILES string of the molecule is NC(NC(=O)c1cncc2ccccc12)c1ccnc(-c2cccc(F)c2)c1. The van der Waals surface area contributed by atoms with E-state index in [0.717, 1.165) is 10.8 Å². The molecule has 0 aliphatic heterocycles. The van der Waals surface area contributed by atoms with Crippen LogP contribution in [-0.4, -0.2) is 15.9 Å². The Morgan fingerprint density at radius 1 is 1.04 bits per heavy atom. The number of carbonyl (C=O) groups is 1. The predicted molar refractivity (Wildman–Crippen MR) is 106 cm³/mol. The van der Waals surface area contributed by atoms with Crippen molar-refractivity contribution in [2.75, 3.05) is 0 Å². The molecule has 1 amide bonds. The average molecular weight is 372 g/mol. The van der Waals surface area contributed by atoms with E-state index in [9.17, 15) is 9.18 Å². The van der Waals surface area contributed by atoms with Crippen LogP contribution in [0, 0.1) is 5.82 Å². The molecular formula is C22H17FN4O. The van der Waals surface area contributed by atoms with Crippen molar-refractivity contribution in [3.63, 3.8) is 0 Å². The second-order valence-electron chi connectivity index (χ2n) is 6.34. The molecule has 0 fully saturated rings. The van der Waals surface area contributed by atoms with E-state index in [1.165, 1.54) is 18.3 Å². The van der Waals surface area contributed by atoms with E-state index >= 15 is 0 Å². The van der Waals surface area contributed by atoms with E-state index in [4.69, 9.17) is 5.73 Å². The molecule has 0 spiro atoms. The molecule has 3 N–H and O–H groups in total. The van der Waals surface area contributed by atoms with Gasteiger partial charge in [0.1, 0.15) is 12.0 Å². The fourth-order valence-electron chi connectivity index (χ4n) is 3.05. The smallest absolute Gasteiger partial charge is 0.254 e. The molecule has 0 aliphatic rings. The molecule has 2 aromatic carbocycles. The standard InChI is InChI=1S/C22H17FN4O/c23-17-6-3-5-14(10-17)20-11-15(8-9-26-20)21(24)27-22(28)19-13-25-12-16-4-1-2-7-18(16)19/h1-13,21H,24H2,(H,27,28). The van der Waals surface area contributed by atoms with Gasteiger partial charge in [-0.1, -0.05) is 36.4 Å². The summed E-state index contributed by atoms with van der Waals surface area (Å²) in [4.78, 5) is 21.1. The predicted octanol–water partition coefficient (Wildman–Crippen LogP) is 3.82. The summed E-state index contributed by atoms with van der Waals surface area (Å²) < 4.78 is 13.5. The molecule has 0 saturated heterocycles. The van der Waals surface area contributed by atoms with E-state index in [1.807, 2.05) is 24.3 Å². The van der Waals surface area contributed by atoms with Crippen LogP contribution < -0.4 is 11.1 Å². The highest BCUT2D eigenvalue weighted by Crippen LogP contribution is 2.21. The highest BCUT2D eigenvalue weighted by molar-refractivity contribution is 6.06. The lowest BCUT2D eigenvalue weighted by atomic mass is 10.1.